The first kappa shape index (κ1) is 12.7. The Morgan fingerprint density at radius 1 is 1.00 bits per heavy atom. The van der Waals surface area contributed by atoms with Gasteiger partial charge in [0, 0.05) is 4.88 Å². The molecule has 1 rings (SSSR count). The van der Waals surface area contributed by atoms with Crippen LogP contribution in [0.5, 0.6) is 0 Å². The third-order valence-corrected chi connectivity index (χ3v) is 3.70. The predicted molar refractivity (Wildman–Crippen MR) is 68.7 cm³/mol. The summed E-state index contributed by atoms with van der Waals surface area (Å²) in [5.74, 6) is 0. The molecule has 0 N–H and O–H groups in total. The second-order valence-electron chi connectivity index (χ2n) is 4.25. The lowest BCUT2D eigenvalue weighted by molar-refractivity contribution is 0.604. The molecule has 1 aromatic rings. The van der Waals surface area contributed by atoms with Crippen molar-refractivity contribution in [1.82, 2.24) is 4.98 Å². The van der Waals surface area contributed by atoms with Gasteiger partial charge < -0.3 is 0 Å². The Morgan fingerprint density at radius 2 is 1.67 bits per heavy atom. The van der Waals surface area contributed by atoms with Crippen LogP contribution in [-0.2, 0) is 6.42 Å². The summed E-state index contributed by atoms with van der Waals surface area (Å²) >= 11 is 1.83. The van der Waals surface area contributed by atoms with E-state index >= 15 is 0 Å². The van der Waals surface area contributed by atoms with Crippen molar-refractivity contribution in [3.8, 4) is 0 Å². The van der Waals surface area contributed by atoms with Crippen LogP contribution in [0.25, 0.3) is 0 Å². The van der Waals surface area contributed by atoms with Gasteiger partial charge in [0.05, 0.1) is 10.7 Å². The van der Waals surface area contributed by atoms with E-state index in [1.807, 2.05) is 11.3 Å². The van der Waals surface area contributed by atoms with Crippen LogP contribution in [0.3, 0.4) is 0 Å². The molecule has 15 heavy (non-hydrogen) atoms. The molecule has 1 aromatic heterocycles. The fourth-order valence-corrected chi connectivity index (χ4v) is 2.74. The van der Waals surface area contributed by atoms with Crippen LogP contribution in [-0.4, -0.2) is 4.98 Å². The van der Waals surface area contributed by atoms with Crippen molar-refractivity contribution in [1.29, 1.82) is 0 Å². The van der Waals surface area contributed by atoms with E-state index in [2.05, 4.69) is 25.8 Å². The summed E-state index contributed by atoms with van der Waals surface area (Å²) < 4.78 is 0. The Morgan fingerprint density at radius 3 is 2.27 bits per heavy atom. The van der Waals surface area contributed by atoms with E-state index in [4.69, 9.17) is 0 Å². The van der Waals surface area contributed by atoms with Crippen LogP contribution in [0, 0.1) is 13.8 Å². The summed E-state index contributed by atoms with van der Waals surface area (Å²) in [6.07, 6.45) is 9.41. The highest BCUT2D eigenvalue weighted by molar-refractivity contribution is 7.11. The summed E-state index contributed by atoms with van der Waals surface area (Å²) in [4.78, 5) is 5.98. The lowest BCUT2D eigenvalue weighted by Crippen LogP contribution is -1.89. The van der Waals surface area contributed by atoms with Crippen molar-refractivity contribution in [2.24, 2.45) is 0 Å². The smallest absolute Gasteiger partial charge is 0.0900 e. The Bertz CT molecular complexity index is 278. The molecular formula is C13H23NS. The van der Waals surface area contributed by atoms with Gasteiger partial charge in [-0.3, -0.25) is 0 Å². The molecule has 0 aromatic carbocycles. The second-order valence-corrected chi connectivity index (χ2v) is 5.66. The van der Waals surface area contributed by atoms with E-state index in [9.17, 15) is 0 Å². The van der Waals surface area contributed by atoms with Gasteiger partial charge in [-0.2, -0.15) is 0 Å². The molecule has 0 fully saturated rings. The third-order valence-electron chi connectivity index (χ3n) is 2.77. The first-order valence-corrected chi connectivity index (χ1v) is 6.98. The largest absolute Gasteiger partial charge is 0.246 e. The van der Waals surface area contributed by atoms with Gasteiger partial charge in [0.1, 0.15) is 0 Å². The molecule has 1 nitrogen and oxygen atoms in total. The summed E-state index contributed by atoms with van der Waals surface area (Å²) in [5.41, 5.74) is 1.34. The molecule has 0 spiro atoms. The summed E-state index contributed by atoms with van der Waals surface area (Å²) in [5, 5.41) is 1.22. The van der Waals surface area contributed by atoms with Crippen LogP contribution in [0.4, 0.5) is 0 Å². The number of hydrogen-bond acceptors (Lipinski definition) is 2. The van der Waals surface area contributed by atoms with Crippen molar-refractivity contribution in [2.45, 2.75) is 65.7 Å². The molecule has 0 aliphatic carbocycles. The minimum absolute atomic E-state index is 1.18. The van der Waals surface area contributed by atoms with Crippen LogP contribution >= 0.6 is 11.3 Å². The molecule has 0 aliphatic rings. The molecule has 0 saturated carbocycles. The minimum Gasteiger partial charge on any atom is -0.246 e. The van der Waals surface area contributed by atoms with Crippen molar-refractivity contribution >= 4 is 11.3 Å². The Labute approximate surface area is 97.9 Å². The van der Waals surface area contributed by atoms with Gasteiger partial charge in [0.15, 0.2) is 0 Å². The van der Waals surface area contributed by atoms with Gasteiger partial charge in [0.25, 0.3) is 0 Å². The summed E-state index contributed by atoms with van der Waals surface area (Å²) in [6.45, 7) is 6.56. The monoisotopic (exact) mass is 225 g/mol. The second kappa shape index (κ2) is 7.00. The maximum atomic E-state index is 4.56. The number of aryl methyl sites for hydroxylation is 3. The first-order chi connectivity index (χ1) is 7.24. The number of rotatable bonds is 7. The molecule has 0 aliphatic heterocycles. The quantitative estimate of drug-likeness (QED) is 0.615. The molecule has 0 amide bonds. The van der Waals surface area contributed by atoms with Crippen molar-refractivity contribution < 1.29 is 0 Å². The molecule has 1 heterocycles. The number of thiazole rings is 1. The topological polar surface area (TPSA) is 12.9 Å². The van der Waals surface area contributed by atoms with Crippen LogP contribution in [0.1, 0.15) is 61.0 Å². The fraction of sp³-hybridized carbons (Fsp3) is 0.769. The standard InChI is InChI=1S/C13H23NS/c1-4-5-6-7-8-9-10-13-11(2)15-12(3)14-13/h4-10H2,1-3H3. The van der Waals surface area contributed by atoms with E-state index in [0.29, 0.717) is 0 Å². The highest BCUT2D eigenvalue weighted by Gasteiger charge is 2.03. The number of aromatic nitrogens is 1. The summed E-state index contributed by atoms with van der Waals surface area (Å²) in [7, 11) is 0. The average molecular weight is 225 g/mol. The van der Waals surface area contributed by atoms with E-state index in [1.165, 1.54) is 60.5 Å². The molecular weight excluding hydrogens is 202 g/mol. The van der Waals surface area contributed by atoms with Crippen molar-refractivity contribution in [3.05, 3.63) is 15.6 Å². The van der Waals surface area contributed by atoms with Gasteiger partial charge in [-0.25, -0.2) is 4.98 Å². The van der Waals surface area contributed by atoms with Crippen LogP contribution in [0.2, 0.25) is 0 Å². The SMILES string of the molecule is CCCCCCCCc1nc(C)sc1C. The van der Waals surface area contributed by atoms with E-state index in [-0.39, 0.29) is 0 Å². The molecule has 86 valence electrons. The van der Waals surface area contributed by atoms with Crippen LogP contribution in [0.15, 0.2) is 0 Å². The minimum atomic E-state index is 1.18. The molecule has 2 heteroatoms. The highest BCUT2D eigenvalue weighted by atomic mass is 32.1. The van der Waals surface area contributed by atoms with E-state index in [1.54, 1.807) is 0 Å². The molecule has 0 saturated heterocycles. The summed E-state index contributed by atoms with van der Waals surface area (Å²) in [6, 6.07) is 0. The van der Waals surface area contributed by atoms with Crippen molar-refractivity contribution in [2.75, 3.05) is 0 Å². The normalized spacial score (nSPS) is 10.9. The lowest BCUT2D eigenvalue weighted by atomic mass is 10.1. The van der Waals surface area contributed by atoms with Gasteiger partial charge in [-0.1, -0.05) is 39.0 Å². The maximum absolute atomic E-state index is 4.56. The molecule has 0 unspecified atom stereocenters. The predicted octanol–water partition coefficient (Wildman–Crippen LogP) is 4.66. The van der Waals surface area contributed by atoms with E-state index < -0.39 is 0 Å². The molecule has 0 radical (unpaired) electrons. The molecule has 0 atom stereocenters. The van der Waals surface area contributed by atoms with Crippen LogP contribution < -0.4 is 0 Å². The van der Waals surface area contributed by atoms with Gasteiger partial charge in [-0.05, 0) is 26.7 Å². The maximum Gasteiger partial charge on any atom is 0.0900 e. The Hall–Kier alpha value is -0.370. The van der Waals surface area contributed by atoms with Crippen molar-refractivity contribution in [3.63, 3.8) is 0 Å². The Balaban J connectivity index is 2.12. The van der Waals surface area contributed by atoms with E-state index in [0.717, 1.165) is 0 Å². The Kier molecular flexibility index (Phi) is 5.92. The zero-order chi connectivity index (χ0) is 11.1. The highest BCUT2D eigenvalue weighted by Crippen LogP contribution is 2.18. The fourth-order valence-electron chi connectivity index (χ4n) is 1.88. The van der Waals surface area contributed by atoms with Gasteiger partial charge >= 0.3 is 0 Å². The zero-order valence-corrected chi connectivity index (χ0v) is 11.1. The first-order valence-electron chi connectivity index (χ1n) is 6.17. The number of hydrogen-bond donors (Lipinski definition) is 0. The number of nitrogens with zero attached hydrogens (tertiary/aromatic N) is 1. The number of unbranched alkanes of at least 4 members (excludes halogenated alkanes) is 5. The molecule has 0 bridgehead atoms. The average Bonchev–Trinajstić information content (AvgIpc) is 2.51. The third kappa shape index (κ3) is 4.78. The van der Waals surface area contributed by atoms with Gasteiger partial charge in [0.2, 0.25) is 0 Å². The van der Waals surface area contributed by atoms with Gasteiger partial charge in [-0.15, -0.1) is 11.3 Å². The lowest BCUT2D eigenvalue weighted by Gasteiger charge is -2.00. The zero-order valence-electron chi connectivity index (χ0n) is 10.3.